The van der Waals surface area contributed by atoms with Gasteiger partial charge >= 0.3 is 5.97 Å². The first-order valence-corrected chi connectivity index (χ1v) is 5.07. The van der Waals surface area contributed by atoms with Crippen LogP contribution < -0.4 is 0 Å². The molecule has 1 aliphatic rings. The number of benzene rings is 1. The molecule has 1 amide bonds. The lowest BCUT2D eigenvalue weighted by Crippen LogP contribution is -2.53. The third-order valence-electron chi connectivity index (χ3n) is 2.78. The van der Waals surface area contributed by atoms with Crippen LogP contribution in [0.15, 0.2) is 12.1 Å². The smallest absolute Gasteiger partial charge is 0.310 e. The lowest BCUT2D eigenvalue weighted by atomic mass is 9.99. The molecule has 0 spiro atoms. The molecule has 2 rings (SSSR count). The van der Waals surface area contributed by atoms with Gasteiger partial charge in [-0.25, -0.2) is 13.2 Å². The van der Waals surface area contributed by atoms with Gasteiger partial charge in [-0.3, -0.25) is 9.59 Å². The second-order valence-electron chi connectivity index (χ2n) is 3.97. The third kappa shape index (κ3) is 1.92. The molecular formula is C11H8F3NO3. The van der Waals surface area contributed by atoms with Crippen LogP contribution in [0.25, 0.3) is 0 Å². The van der Waals surface area contributed by atoms with Crippen molar-refractivity contribution in [2.24, 2.45) is 5.92 Å². The third-order valence-corrected chi connectivity index (χ3v) is 2.78. The predicted octanol–water partition coefficient (Wildman–Crippen LogP) is 1.26. The summed E-state index contributed by atoms with van der Waals surface area (Å²) in [5, 5.41) is 8.62. The number of halogens is 3. The summed E-state index contributed by atoms with van der Waals surface area (Å²) in [6.45, 7) is -0.126. The summed E-state index contributed by atoms with van der Waals surface area (Å²) in [4.78, 5) is 23.3. The summed E-state index contributed by atoms with van der Waals surface area (Å²) in [5.74, 6) is -7.23. The minimum absolute atomic E-state index is 0.0629. The van der Waals surface area contributed by atoms with Crippen LogP contribution >= 0.6 is 0 Å². The zero-order valence-electron chi connectivity index (χ0n) is 8.99. The molecule has 0 aliphatic carbocycles. The molecule has 0 aromatic heterocycles. The van der Waals surface area contributed by atoms with Crippen LogP contribution in [0, 0.1) is 23.4 Å². The van der Waals surface area contributed by atoms with E-state index in [-0.39, 0.29) is 13.1 Å². The number of carboxylic acid groups (broad SMARTS) is 1. The number of hydrogen-bond donors (Lipinski definition) is 1. The number of carboxylic acids is 1. The van der Waals surface area contributed by atoms with Crippen molar-refractivity contribution in [1.82, 2.24) is 4.90 Å². The summed E-state index contributed by atoms with van der Waals surface area (Å²) < 4.78 is 38.9. The summed E-state index contributed by atoms with van der Waals surface area (Å²) in [6.07, 6.45) is 0. The van der Waals surface area contributed by atoms with E-state index in [1.54, 1.807) is 0 Å². The van der Waals surface area contributed by atoms with Gasteiger partial charge in [0.1, 0.15) is 0 Å². The summed E-state index contributed by atoms with van der Waals surface area (Å²) in [6, 6.07) is 1.49. The van der Waals surface area contributed by atoms with Crippen molar-refractivity contribution >= 4 is 11.9 Å². The summed E-state index contributed by atoms with van der Waals surface area (Å²) >= 11 is 0. The van der Waals surface area contributed by atoms with Gasteiger partial charge in [0.05, 0.1) is 11.5 Å². The van der Waals surface area contributed by atoms with Crippen molar-refractivity contribution < 1.29 is 27.9 Å². The summed E-state index contributed by atoms with van der Waals surface area (Å²) in [5.41, 5.74) is -0.599. The average Bonchev–Trinajstić information content (AvgIpc) is 2.23. The Morgan fingerprint density at radius 2 is 1.78 bits per heavy atom. The lowest BCUT2D eigenvalue weighted by molar-refractivity contribution is -0.146. The molecule has 0 bridgehead atoms. The molecule has 18 heavy (non-hydrogen) atoms. The Labute approximate surface area is 99.6 Å². The molecule has 1 aliphatic heterocycles. The van der Waals surface area contributed by atoms with Gasteiger partial charge in [-0.15, -0.1) is 0 Å². The van der Waals surface area contributed by atoms with E-state index in [0.717, 1.165) is 11.0 Å². The standard InChI is InChI=1S/C11H8F3NO3/c12-7-2-1-6(8(13)9(7)14)10(16)15-3-5(4-15)11(17)18/h1-2,5H,3-4H2,(H,17,18). The average molecular weight is 259 g/mol. The van der Waals surface area contributed by atoms with E-state index in [0.29, 0.717) is 6.07 Å². The molecule has 0 saturated carbocycles. The monoisotopic (exact) mass is 259 g/mol. The van der Waals surface area contributed by atoms with Gasteiger partial charge in [0.25, 0.3) is 5.91 Å². The number of carbonyl (C=O) groups excluding carboxylic acids is 1. The van der Waals surface area contributed by atoms with E-state index < -0.39 is 40.8 Å². The van der Waals surface area contributed by atoms with E-state index in [1.807, 2.05) is 0 Å². The van der Waals surface area contributed by atoms with Gasteiger partial charge in [0, 0.05) is 13.1 Å². The lowest BCUT2D eigenvalue weighted by Gasteiger charge is -2.36. The first-order valence-electron chi connectivity index (χ1n) is 5.07. The Morgan fingerprint density at radius 1 is 1.17 bits per heavy atom. The second-order valence-corrected chi connectivity index (χ2v) is 3.97. The highest BCUT2D eigenvalue weighted by Gasteiger charge is 2.37. The molecule has 0 unspecified atom stereocenters. The van der Waals surface area contributed by atoms with Gasteiger partial charge in [0.15, 0.2) is 17.5 Å². The molecule has 0 atom stereocenters. The molecule has 1 heterocycles. The molecule has 96 valence electrons. The van der Waals surface area contributed by atoms with E-state index in [1.165, 1.54) is 0 Å². The Balaban J connectivity index is 2.17. The molecule has 4 nitrogen and oxygen atoms in total. The minimum Gasteiger partial charge on any atom is -0.481 e. The largest absolute Gasteiger partial charge is 0.481 e. The maximum Gasteiger partial charge on any atom is 0.310 e. The van der Waals surface area contributed by atoms with Crippen LogP contribution in [0.2, 0.25) is 0 Å². The van der Waals surface area contributed by atoms with Crippen LogP contribution in [0.3, 0.4) is 0 Å². The highest BCUT2D eigenvalue weighted by molar-refractivity contribution is 5.95. The normalized spacial score (nSPS) is 15.4. The van der Waals surface area contributed by atoms with Crippen molar-refractivity contribution in [1.29, 1.82) is 0 Å². The fourth-order valence-corrected chi connectivity index (χ4v) is 1.66. The molecule has 1 fully saturated rings. The van der Waals surface area contributed by atoms with E-state index in [9.17, 15) is 22.8 Å². The quantitative estimate of drug-likeness (QED) is 0.813. The Morgan fingerprint density at radius 3 is 2.33 bits per heavy atom. The number of rotatable bonds is 2. The van der Waals surface area contributed by atoms with E-state index >= 15 is 0 Å². The molecule has 1 N–H and O–H groups in total. The fourth-order valence-electron chi connectivity index (χ4n) is 1.66. The van der Waals surface area contributed by atoms with E-state index in [4.69, 9.17) is 5.11 Å². The van der Waals surface area contributed by atoms with Crippen LogP contribution in [-0.2, 0) is 4.79 Å². The highest BCUT2D eigenvalue weighted by atomic mass is 19.2. The molecule has 7 heteroatoms. The number of nitrogens with zero attached hydrogens (tertiary/aromatic N) is 1. The van der Waals surface area contributed by atoms with Crippen molar-refractivity contribution in [2.75, 3.05) is 13.1 Å². The van der Waals surface area contributed by atoms with Crippen LogP contribution in [0.4, 0.5) is 13.2 Å². The van der Waals surface area contributed by atoms with Crippen LogP contribution in [0.5, 0.6) is 0 Å². The van der Waals surface area contributed by atoms with Crippen molar-refractivity contribution in [3.8, 4) is 0 Å². The van der Waals surface area contributed by atoms with Crippen molar-refractivity contribution in [3.05, 3.63) is 35.1 Å². The number of aliphatic carboxylic acids is 1. The Bertz CT molecular complexity index is 527. The summed E-state index contributed by atoms with van der Waals surface area (Å²) in [7, 11) is 0. The Hall–Kier alpha value is -2.05. The van der Waals surface area contributed by atoms with Gasteiger partial charge in [-0.1, -0.05) is 0 Å². The molecule has 1 aromatic rings. The first kappa shape index (κ1) is 12.4. The number of hydrogen-bond acceptors (Lipinski definition) is 2. The fraction of sp³-hybridized carbons (Fsp3) is 0.273. The first-order chi connectivity index (χ1) is 8.41. The zero-order valence-corrected chi connectivity index (χ0v) is 8.99. The maximum absolute atomic E-state index is 13.3. The van der Waals surface area contributed by atoms with Gasteiger partial charge in [-0.05, 0) is 12.1 Å². The molecule has 0 radical (unpaired) electrons. The topological polar surface area (TPSA) is 57.6 Å². The number of likely N-dealkylation sites (tertiary alicyclic amines) is 1. The second kappa shape index (κ2) is 4.32. The highest BCUT2D eigenvalue weighted by Crippen LogP contribution is 2.22. The van der Waals surface area contributed by atoms with Crippen LogP contribution in [0.1, 0.15) is 10.4 Å². The number of carbonyl (C=O) groups is 2. The molecule has 1 saturated heterocycles. The predicted molar refractivity (Wildman–Crippen MR) is 53.3 cm³/mol. The van der Waals surface area contributed by atoms with E-state index in [2.05, 4.69) is 0 Å². The minimum atomic E-state index is -1.71. The Kier molecular flexibility index (Phi) is 2.98. The SMILES string of the molecule is O=C(O)C1CN(C(=O)c2ccc(F)c(F)c2F)C1. The van der Waals surface area contributed by atoms with Gasteiger partial charge in [0.2, 0.25) is 0 Å². The van der Waals surface area contributed by atoms with Gasteiger partial charge < -0.3 is 10.0 Å². The van der Waals surface area contributed by atoms with Crippen LogP contribution in [-0.4, -0.2) is 35.0 Å². The zero-order chi connectivity index (χ0) is 13.4. The molecule has 1 aromatic carbocycles. The molecular weight excluding hydrogens is 251 g/mol. The number of amides is 1. The van der Waals surface area contributed by atoms with Crippen molar-refractivity contribution in [3.63, 3.8) is 0 Å². The maximum atomic E-state index is 13.3. The van der Waals surface area contributed by atoms with Crippen molar-refractivity contribution in [2.45, 2.75) is 0 Å². The van der Waals surface area contributed by atoms with Gasteiger partial charge in [-0.2, -0.15) is 0 Å².